The van der Waals surface area contributed by atoms with Crippen molar-refractivity contribution < 1.29 is 9.13 Å². The van der Waals surface area contributed by atoms with Gasteiger partial charge in [0.05, 0.1) is 18.2 Å². The van der Waals surface area contributed by atoms with Crippen molar-refractivity contribution in [2.45, 2.75) is 25.7 Å². The van der Waals surface area contributed by atoms with Gasteiger partial charge in [0.15, 0.2) is 0 Å². The zero-order valence-electron chi connectivity index (χ0n) is 17.4. The first-order valence-corrected chi connectivity index (χ1v) is 10.9. The van der Waals surface area contributed by atoms with Crippen molar-refractivity contribution in [2.75, 3.05) is 13.7 Å². The Kier molecular flexibility index (Phi) is 6.49. The normalized spacial score (nSPS) is 18.2. The van der Waals surface area contributed by atoms with Gasteiger partial charge in [-0.2, -0.15) is 0 Å². The van der Waals surface area contributed by atoms with E-state index in [2.05, 4.69) is 4.90 Å². The number of ether oxygens (including phenoxy) is 1. The van der Waals surface area contributed by atoms with Crippen molar-refractivity contribution in [2.24, 2.45) is 4.99 Å². The molecule has 0 fully saturated rings. The SMILES string of the molecule is CCOc1ccc(CF)cc1C1=NC(c2ccc(Cl)cc2)C(c2ccc(Cl)cc2)N1C. The first-order chi connectivity index (χ1) is 15.0. The predicted octanol–water partition coefficient (Wildman–Crippen LogP) is 7.04. The molecular weight excluding hydrogens is 434 g/mol. The number of hydrogen-bond acceptors (Lipinski definition) is 3. The molecule has 0 saturated heterocycles. The van der Waals surface area contributed by atoms with Crippen LogP contribution in [0.5, 0.6) is 5.75 Å². The average Bonchev–Trinajstić information content (AvgIpc) is 3.12. The van der Waals surface area contributed by atoms with Crippen molar-refractivity contribution in [1.29, 1.82) is 0 Å². The summed E-state index contributed by atoms with van der Waals surface area (Å²) in [5.74, 6) is 1.45. The Bertz CT molecular complexity index is 1080. The summed E-state index contributed by atoms with van der Waals surface area (Å²) in [6.45, 7) is 1.90. The second-order valence-corrected chi connectivity index (χ2v) is 8.33. The third-order valence-corrected chi connectivity index (χ3v) is 5.98. The summed E-state index contributed by atoms with van der Waals surface area (Å²) in [5.41, 5.74) is 3.51. The van der Waals surface area contributed by atoms with Gasteiger partial charge in [-0.1, -0.05) is 53.5 Å². The molecule has 0 spiro atoms. The second-order valence-electron chi connectivity index (χ2n) is 7.45. The van der Waals surface area contributed by atoms with Crippen molar-refractivity contribution in [1.82, 2.24) is 4.90 Å². The zero-order chi connectivity index (χ0) is 22.0. The second kappa shape index (κ2) is 9.29. The number of likely N-dealkylation sites (N-methyl/N-ethyl adjacent to an activating group) is 1. The fourth-order valence-electron chi connectivity index (χ4n) is 4.00. The molecule has 0 aliphatic carbocycles. The fourth-order valence-corrected chi connectivity index (χ4v) is 4.25. The minimum absolute atomic E-state index is 0.0584. The minimum Gasteiger partial charge on any atom is -0.493 e. The van der Waals surface area contributed by atoms with E-state index in [1.807, 2.05) is 74.6 Å². The quantitative estimate of drug-likeness (QED) is 0.397. The number of hydrogen-bond donors (Lipinski definition) is 0. The predicted molar refractivity (Wildman–Crippen MR) is 125 cm³/mol. The van der Waals surface area contributed by atoms with Crippen LogP contribution in [0, 0.1) is 0 Å². The fraction of sp³-hybridized carbons (Fsp3) is 0.240. The first-order valence-electron chi connectivity index (χ1n) is 10.2. The van der Waals surface area contributed by atoms with Gasteiger partial charge in [-0.3, -0.25) is 4.99 Å². The van der Waals surface area contributed by atoms with Gasteiger partial charge in [0.1, 0.15) is 24.3 Å². The van der Waals surface area contributed by atoms with Crippen LogP contribution in [0.3, 0.4) is 0 Å². The van der Waals surface area contributed by atoms with Gasteiger partial charge in [-0.25, -0.2) is 4.39 Å². The maximum atomic E-state index is 13.4. The molecule has 0 aromatic heterocycles. The van der Waals surface area contributed by atoms with Gasteiger partial charge in [-0.05, 0) is 60.0 Å². The van der Waals surface area contributed by atoms with Crippen LogP contribution in [-0.4, -0.2) is 24.4 Å². The van der Waals surface area contributed by atoms with Gasteiger partial charge in [0.25, 0.3) is 0 Å². The molecule has 2 unspecified atom stereocenters. The number of halogens is 3. The zero-order valence-corrected chi connectivity index (χ0v) is 18.9. The van der Waals surface area contributed by atoms with Gasteiger partial charge in [-0.15, -0.1) is 0 Å². The molecule has 3 nitrogen and oxygen atoms in total. The molecule has 3 aromatic carbocycles. The van der Waals surface area contributed by atoms with E-state index >= 15 is 0 Å². The van der Waals surface area contributed by atoms with Gasteiger partial charge < -0.3 is 9.64 Å². The summed E-state index contributed by atoms with van der Waals surface area (Å²) >= 11 is 12.2. The van der Waals surface area contributed by atoms with E-state index in [9.17, 15) is 4.39 Å². The topological polar surface area (TPSA) is 24.8 Å². The number of nitrogens with zero attached hydrogens (tertiary/aromatic N) is 2. The lowest BCUT2D eigenvalue weighted by molar-refractivity contribution is 0.336. The van der Waals surface area contributed by atoms with Crippen LogP contribution in [0.1, 0.15) is 41.3 Å². The van der Waals surface area contributed by atoms with Crippen LogP contribution in [0.15, 0.2) is 71.7 Å². The molecule has 0 N–H and O–H groups in total. The van der Waals surface area contributed by atoms with Gasteiger partial charge in [0.2, 0.25) is 0 Å². The monoisotopic (exact) mass is 456 g/mol. The Balaban J connectivity index is 1.84. The molecule has 1 aliphatic rings. The Morgan fingerprint density at radius 1 is 0.935 bits per heavy atom. The van der Waals surface area contributed by atoms with Crippen LogP contribution in [0.2, 0.25) is 10.0 Å². The van der Waals surface area contributed by atoms with Crippen LogP contribution < -0.4 is 4.74 Å². The lowest BCUT2D eigenvalue weighted by Gasteiger charge is -2.28. The van der Waals surface area contributed by atoms with Crippen molar-refractivity contribution in [3.63, 3.8) is 0 Å². The largest absolute Gasteiger partial charge is 0.493 e. The van der Waals surface area contributed by atoms with E-state index in [0.717, 1.165) is 22.5 Å². The molecule has 0 saturated carbocycles. The van der Waals surface area contributed by atoms with Crippen LogP contribution >= 0.6 is 23.2 Å². The number of benzene rings is 3. The number of rotatable bonds is 6. The highest BCUT2D eigenvalue weighted by Gasteiger charge is 2.37. The summed E-state index contributed by atoms with van der Waals surface area (Å²) in [7, 11) is 2.01. The van der Waals surface area contributed by atoms with Crippen molar-refractivity contribution in [3.05, 3.63) is 99.0 Å². The Morgan fingerprint density at radius 2 is 1.55 bits per heavy atom. The summed E-state index contributed by atoms with van der Waals surface area (Å²) in [5, 5.41) is 1.36. The first kappa shape index (κ1) is 21.7. The smallest absolute Gasteiger partial charge is 0.135 e. The van der Waals surface area contributed by atoms with Gasteiger partial charge >= 0.3 is 0 Å². The molecule has 31 heavy (non-hydrogen) atoms. The van der Waals surface area contributed by atoms with E-state index in [1.165, 1.54) is 0 Å². The van der Waals surface area contributed by atoms with E-state index in [0.29, 0.717) is 28.0 Å². The van der Waals surface area contributed by atoms with Gasteiger partial charge in [0, 0.05) is 17.1 Å². The molecule has 1 aliphatic heterocycles. The third kappa shape index (κ3) is 4.41. The van der Waals surface area contributed by atoms with Crippen LogP contribution in [-0.2, 0) is 6.67 Å². The average molecular weight is 457 g/mol. The highest BCUT2D eigenvalue weighted by molar-refractivity contribution is 6.30. The molecule has 2 atom stereocenters. The molecule has 6 heteroatoms. The third-order valence-electron chi connectivity index (χ3n) is 5.47. The maximum absolute atomic E-state index is 13.4. The molecule has 0 bridgehead atoms. The van der Waals surface area contributed by atoms with E-state index < -0.39 is 6.67 Å². The van der Waals surface area contributed by atoms with E-state index in [1.54, 1.807) is 6.07 Å². The summed E-state index contributed by atoms with van der Waals surface area (Å²) in [6.07, 6.45) is 0. The Labute approximate surface area is 192 Å². The number of amidine groups is 1. The molecule has 1 heterocycles. The summed E-state index contributed by atoms with van der Waals surface area (Å²) in [4.78, 5) is 7.23. The maximum Gasteiger partial charge on any atom is 0.135 e. The van der Waals surface area contributed by atoms with Crippen LogP contribution in [0.4, 0.5) is 4.39 Å². The van der Waals surface area contributed by atoms with Crippen molar-refractivity contribution in [3.8, 4) is 5.75 Å². The number of alkyl halides is 1. The molecule has 4 rings (SSSR count). The highest BCUT2D eigenvalue weighted by Crippen LogP contribution is 2.44. The molecule has 0 radical (unpaired) electrons. The lowest BCUT2D eigenvalue weighted by atomic mass is 9.94. The number of aliphatic imine (C=N–C) groups is 1. The summed E-state index contributed by atoms with van der Waals surface area (Å²) < 4.78 is 19.3. The highest BCUT2D eigenvalue weighted by atomic mass is 35.5. The standard InChI is InChI=1S/C25H23Cl2FN2O/c1-3-31-22-13-4-16(15-28)14-21(22)25-29-23(17-5-9-19(26)10-6-17)24(30(25)2)18-7-11-20(27)12-8-18/h4-14,23-24H,3,15H2,1-2H3. The molecule has 3 aromatic rings. The van der Waals surface area contributed by atoms with Crippen LogP contribution in [0.25, 0.3) is 0 Å². The Hall–Kier alpha value is -2.56. The van der Waals surface area contributed by atoms with Crippen molar-refractivity contribution >= 4 is 29.0 Å². The minimum atomic E-state index is -0.544. The molecular formula is C25H23Cl2FN2O. The Morgan fingerprint density at radius 3 is 2.13 bits per heavy atom. The summed E-state index contributed by atoms with van der Waals surface area (Å²) in [6, 6.07) is 20.7. The molecule has 0 amide bonds. The van der Waals surface area contributed by atoms with E-state index in [-0.39, 0.29) is 12.1 Å². The lowest BCUT2D eigenvalue weighted by Crippen LogP contribution is -2.28. The van der Waals surface area contributed by atoms with E-state index in [4.69, 9.17) is 32.9 Å². The molecule has 160 valence electrons.